The molecule has 0 aliphatic carbocycles. The zero-order chi connectivity index (χ0) is 15.9. The van der Waals surface area contributed by atoms with Crippen molar-refractivity contribution in [3.05, 3.63) is 84.3 Å². The fraction of sp³-hybridized carbons (Fsp3) is 0.0556. The normalized spacial score (nSPS) is 10.1. The maximum Gasteiger partial charge on any atom is 0.260 e. The van der Waals surface area contributed by atoms with Crippen molar-refractivity contribution in [3.63, 3.8) is 0 Å². The summed E-state index contributed by atoms with van der Waals surface area (Å²) in [5.74, 6) is 0.266. The smallest absolute Gasteiger partial charge is 0.260 e. The first-order valence-electron chi connectivity index (χ1n) is 7.27. The molecule has 2 heterocycles. The number of hydrogen-bond donors (Lipinski definition) is 2. The summed E-state index contributed by atoms with van der Waals surface area (Å²) < 4.78 is 0. The lowest BCUT2D eigenvalue weighted by Crippen LogP contribution is -2.15. The van der Waals surface area contributed by atoms with Gasteiger partial charge in [-0.25, -0.2) is 4.98 Å². The molecule has 114 valence electrons. The Bertz CT molecular complexity index is 775. The molecule has 0 saturated heterocycles. The van der Waals surface area contributed by atoms with Gasteiger partial charge in [-0.1, -0.05) is 36.4 Å². The predicted molar refractivity (Wildman–Crippen MR) is 90.2 cm³/mol. The van der Waals surface area contributed by atoms with Crippen LogP contribution in [0.5, 0.6) is 0 Å². The molecule has 0 spiro atoms. The molecule has 2 aromatic heterocycles. The number of amides is 1. The van der Waals surface area contributed by atoms with Crippen molar-refractivity contribution >= 4 is 17.4 Å². The molecule has 1 amide bonds. The van der Waals surface area contributed by atoms with Gasteiger partial charge in [-0.15, -0.1) is 0 Å². The highest BCUT2D eigenvalue weighted by Gasteiger charge is 2.12. The third-order valence-electron chi connectivity index (χ3n) is 3.30. The van der Waals surface area contributed by atoms with Gasteiger partial charge < -0.3 is 10.6 Å². The maximum atomic E-state index is 12.4. The third-order valence-corrected chi connectivity index (χ3v) is 3.30. The standard InChI is InChI=1S/C18H16N4O/c23-18(22-17-8-4-5-10-20-17)15-13-19-11-9-16(15)21-12-14-6-2-1-3-7-14/h1-11,13H,12H2,(H,19,21)(H,20,22,23). The molecule has 0 unspecified atom stereocenters. The molecule has 0 fully saturated rings. The molecule has 3 rings (SSSR count). The van der Waals surface area contributed by atoms with E-state index in [4.69, 9.17) is 0 Å². The number of aromatic nitrogens is 2. The van der Waals surface area contributed by atoms with Crippen LogP contribution in [-0.4, -0.2) is 15.9 Å². The number of nitrogens with one attached hydrogen (secondary N) is 2. The zero-order valence-corrected chi connectivity index (χ0v) is 12.4. The number of pyridine rings is 2. The van der Waals surface area contributed by atoms with Crippen LogP contribution in [-0.2, 0) is 6.54 Å². The van der Waals surface area contributed by atoms with Crippen LogP contribution >= 0.6 is 0 Å². The van der Waals surface area contributed by atoms with Crippen LogP contribution in [0.1, 0.15) is 15.9 Å². The Morgan fingerprint density at radius 3 is 2.57 bits per heavy atom. The van der Waals surface area contributed by atoms with E-state index in [0.29, 0.717) is 17.9 Å². The summed E-state index contributed by atoms with van der Waals surface area (Å²) in [5, 5.41) is 6.04. The molecule has 5 nitrogen and oxygen atoms in total. The summed E-state index contributed by atoms with van der Waals surface area (Å²) in [4.78, 5) is 20.6. The van der Waals surface area contributed by atoms with Crippen LogP contribution in [0.15, 0.2) is 73.2 Å². The fourth-order valence-electron chi connectivity index (χ4n) is 2.14. The second-order valence-electron chi connectivity index (χ2n) is 4.93. The highest BCUT2D eigenvalue weighted by atomic mass is 16.1. The highest BCUT2D eigenvalue weighted by molar-refractivity contribution is 6.07. The molecular weight excluding hydrogens is 288 g/mol. The van der Waals surface area contributed by atoms with E-state index in [1.165, 1.54) is 0 Å². The molecule has 0 atom stereocenters. The van der Waals surface area contributed by atoms with Gasteiger partial charge in [0.25, 0.3) is 5.91 Å². The van der Waals surface area contributed by atoms with Gasteiger partial charge in [-0.3, -0.25) is 9.78 Å². The Morgan fingerprint density at radius 1 is 0.957 bits per heavy atom. The summed E-state index contributed by atoms with van der Waals surface area (Å²) >= 11 is 0. The molecule has 0 aliphatic rings. The number of anilines is 2. The van der Waals surface area contributed by atoms with Gasteiger partial charge >= 0.3 is 0 Å². The highest BCUT2D eigenvalue weighted by Crippen LogP contribution is 2.16. The molecule has 0 saturated carbocycles. The van der Waals surface area contributed by atoms with Crippen LogP contribution in [0.25, 0.3) is 0 Å². The van der Waals surface area contributed by atoms with Crippen LogP contribution in [0, 0.1) is 0 Å². The number of rotatable bonds is 5. The predicted octanol–water partition coefficient (Wildman–Crippen LogP) is 3.34. The van der Waals surface area contributed by atoms with Gasteiger partial charge in [0.1, 0.15) is 5.82 Å². The number of carbonyl (C=O) groups excluding carboxylic acids is 1. The van der Waals surface area contributed by atoms with E-state index in [1.807, 2.05) is 36.4 Å². The van der Waals surface area contributed by atoms with Gasteiger partial charge in [-0.2, -0.15) is 0 Å². The van der Waals surface area contributed by atoms with Crippen LogP contribution in [0.2, 0.25) is 0 Å². The van der Waals surface area contributed by atoms with E-state index in [2.05, 4.69) is 20.6 Å². The molecule has 2 N–H and O–H groups in total. The summed E-state index contributed by atoms with van der Waals surface area (Å²) in [5.41, 5.74) is 2.35. The molecule has 0 aliphatic heterocycles. The van der Waals surface area contributed by atoms with Crippen molar-refractivity contribution < 1.29 is 4.79 Å². The van der Waals surface area contributed by atoms with E-state index in [-0.39, 0.29) is 5.91 Å². The van der Waals surface area contributed by atoms with Gasteiger partial charge in [-0.05, 0) is 23.8 Å². The largest absolute Gasteiger partial charge is 0.380 e. The minimum atomic E-state index is -0.243. The Hall–Kier alpha value is -3.21. The lowest BCUT2D eigenvalue weighted by atomic mass is 10.2. The van der Waals surface area contributed by atoms with Crippen LogP contribution in [0.4, 0.5) is 11.5 Å². The van der Waals surface area contributed by atoms with Crippen molar-refractivity contribution in [1.29, 1.82) is 0 Å². The van der Waals surface area contributed by atoms with Crippen molar-refractivity contribution in [2.24, 2.45) is 0 Å². The quantitative estimate of drug-likeness (QED) is 0.758. The Labute approximate surface area is 134 Å². The van der Waals surface area contributed by atoms with E-state index >= 15 is 0 Å². The van der Waals surface area contributed by atoms with Crippen molar-refractivity contribution in [1.82, 2.24) is 9.97 Å². The number of benzene rings is 1. The second-order valence-corrected chi connectivity index (χ2v) is 4.93. The minimum Gasteiger partial charge on any atom is -0.380 e. The molecule has 5 heteroatoms. The minimum absolute atomic E-state index is 0.243. The van der Waals surface area contributed by atoms with Gasteiger partial charge in [0.05, 0.1) is 11.3 Å². The molecule has 1 aromatic carbocycles. The van der Waals surface area contributed by atoms with Crippen molar-refractivity contribution in [2.75, 3.05) is 10.6 Å². The van der Waals surface area contributed by atoms with Gasteiger partial charge in [0, 0.05) is 25.1 Å². The second kappa shape index (κ2) is 7.17. The SMILES string of the molecule is O=C(Nc1ccccn1)c1cnccc1NCc1ccccc1. The Morgan fingerprint density at radius 2 is 1.78 bits per heavy atom. The molecule has 23 heavy (non-hydrogen) atoms. The van der Waals surface area contributed by atoms with E-state index in [9.17, 15) is 4.79 Å². The van der Waals surface area contributed by atoms with Crippen LogP contribution in [0.3, 0.4) is 0 Å². The number of hydrogen-bond acceptors (Lipinski definition) is 4. The summed E-state index contributed by atoms with van der Waals surface area (Å²) in [6.07, 6.45) is 4.84. The van der Waals surface area contributed by atoms with Gasteiger partial charge in [0.2, 0.25) is 0 Å². The third kappa shape index (κ3) is 3.91. The number of nitrogens with zero attached hydrogens (tertiary/aromatic N) is 2. The van der Waals surface area contributed by atoms with E-state index in [1.54, 1.807) is 36.8 Å². The number of carbonyl (C=O) groups is 1. The monoisotopic (exact) mass is 304 g/mol. The Balaban J connectivity index is 1.73. The Kier molecular flexibility index (Phi) is 4.59. The van der Waals surface area contributed by atoms with Crippen LogP contribution < -0.4 is 10.6 Å². The average molecular weight is 304 g/mol. The molecule has 3 aromatic rings. The van der Waals surface area contributed by atoms with E-state index in [0.717, 1.165) is 11.3 Å². The summed E-state index contributed by atoms with van der Waals surface area (Å²) in [6, 6.07) is 17.1. The van der Waals surface area contributed by atoms with Crippen molar-refractivity contribution in [2.45, 2.75) is 6.54 Å². The molecular formula is C18H16N4O. The lowest BCUT2D eigenvalue weighted by molar-refractivity contribution is 0.102. The zero-order valence-electron chi connectivity index (χ0n) is 12.4. The van der Waals surface area contributed by atoms with Gasteiger partial charge in [0.15, 0.2) is 0 Å². The average Bonchev–Trinajstić information content (AvgIpc) is 2.62. The topological polar surface area (TPSA) is 66.9 Å². The molecule has 0 bridgehead atoms. The van der Waals surface area contributed by atoms with Crippen molar-refractivity contribution in [3.8, 4) is 0 Å². The first-order chi connectivity index (χ1) is 11.3. The maximum absolute atomic E-state index is 12.4. The first-order valence-corrected chi connectivity index (χ1v) is 7.27. The lowest BCUT2D eigenvalue weighted by Gasteiger charge is -2.11. The first kappa shape index (κ1) is 14.7. The van der Waals surface area contributed by atoms with E-state index < -0.39 is 0 Å². The summed E-state index contributed by atoms with van der Waals surface area (Å²) in [7, 11) is 0. The fourth-order valence-corrected chi connectivity index (χ4v) is 2.14. The molecule has 0 radical (unpaired) electrons. The summed E-state index contributed by atoms with van der Waals surface area (Å²) in [6.45, 7) is 0.634.